The number of methoxy groups -OCH3 is 2. The van der Waals surface area contributed by atoms with E-state index >= 15 is 0 Å². The number of carbonyl (C=O) groups excluding carboxylic acids is 3. The van der Waals surface area contributed by atoms with Crippen LogP contribution < -0.4 is 25.6 Å². The van der Waals surface area contributed by atoms with Gasteiger partial charge >= 0.3 is 0 Å². The Bertz CT molecular complexity index is 893. The van der Waals surface area contributed by atoms with Crippen LogP contribution in [0.1, 0.15) is 34.6 Å². The molecule has 0 aliphatic carbocycles. The number of hydrazine groups is 1. The van der Waals surface area contributed by atoms with Crippen LogP contribution in [-0.4, -0.2) is 38.0 Å². The van der Waals surface area contributed by atoms with Crippen molar-refractivity contribution in [2.45, 2.75) is 19.9 Å². The minimum Gasteiger partial charge on any atom is -0.497 e. The molecule has 0 aliphatic rings. The second-order valence-corrected chi connectivity index (χ2v) is 7.66. The normalized spacial score (nSPS) is 11.4. The Morgan fingerprint density at radius 3 is 1.90 bits per heavy atom. The van der Waals surface area contributed by atoms with E-state index in [0.29, 0.717) is 17.1 Å². The minimum absolute atomic E-state index is 0.231. The SMILES string of the molecule is COc1cc(OC)cc(C(=O)N[C@@H](C(=O)NNC(=O)c2ccc(Br)cc2)C(C)C)c1. The minimum atomic E-state index is -0.875. The zero-order valence-corrected chi connectivity index (χ0v) is 18.7. The van der Waals surface area contributed by atoms with Crippen LogP contribution in [0.4, 0.5) is 0 Å². The van der Waals surface area contributed by atoms with Crippen molar-refractivity contribution in [3.05, 3.63) is 58.1 Å². The molecule has 0 heterocycles. The first-order chi connectivity index (χ1) is 14.2. The van der Waals surface area contributed by atoms with Crippen molar-refractivity contribution < 1.29 is 23.9 Å². The first kappa shape index (κ1) is 23.2. The second kappa shape index (κ2) is 10.6. The van der Waals surface area contributed by atoms with Gasteiger partial charge in [0.15, 0.2) is 0 Å². The van der Waals surface area contributed by atoms with Crippen molar-refractivity contribution in [2.75, 3.05) is 14.2 Å². The van der Waals surface area contributed by atoms with Crippen LogP contribution in [0.2, 0.25) is 0 Å². The monoisotopic (exact) mass is 477 g/mol. The van der Waals surface area contributed by atoms with Gasteiger partial charge in [-0.15, -0.1) is 0 Å². The summed E-state index contributed by atoms with van der Waals surface area (Å²) in [7, 11) is 2.96. The molecule has 0 saturated heterocycles. The number of amides is 3. The first-order valence-electron chi connectivity index (χ1n) is 9.14. The van der Waals surface area contributed by atoms with E-state index in [0.717, 1.165) is 4.47 Å². The second-order valence-electron chi connectivity index (χ2n) is 6.75. The molecule has 0 aromatic heterocycles. The molecule has 0 fully saturated rings. The number of rotatable bonds is 7. The van der Waals surface area contributed by atoms with Gasteiger partial charge in [0.2, 0.25) is 0 Å². The molecule has 30 heavy (non-hydrogen) atoms. The van der Waals surface area contributed by atoms with E-state index in [2.05, 4.69) is 32.1 Å². The van der Waals surface area contributed by atoms with Gasteiger partial charge in [0.05, 0.1) is 14.2 Å². The van der Waals surface area contributed by atoms with E-state index in [-0.39, 0.29) is 11.5 Å². The Kier molecular flexibility index (Phi) is 8.23. The third-order valence-corrected chi connectivity index (χ3v) is 4.78. The van der Waals surface area contributed by atoms with Crippen molar-refractivity contribution >= 4 is 33.7 Å². The molecule has 0 saturated carbocycles. The lowest BCUT2D eigenvalue weighted by Gasteiger charge is -2.22. The highest BCUT2D eigenvalue weighted by Crippen LogP contribution is 2.22. The number of carbonyl (C=O) groups is 3. The number of nitrogens with one attached hydrogen (secondary N) is 3. The van der Waals surface area contributed by atoms with Crippen molar-refractivity contribution in [2.24, 2.45) is 5.92 Å². The summed E-state index contributed by atoms with van der Waals surface area (Å²) in [6.45, 7) is 3.57. The Balaban J connectivity index is 2.06. The van der Waals surface area contributed by atoms with E-state index < -0.39 is 23.8 Å². The van der Waals surface area contributed by atoms with Crippen LogP contribution in [0.3, 0.4) is 0 Å². The van der Waals surface area contributed by atoms with E-state index in [4.69, 9.17) is 9.47 Å². The molecule has 0 radical (unpaired) electrons. The molecule has 2 rings (SSSR count). The lowest BCUT2D eigenvalue weighted by atomic mass is 10.0. The maximum Gasteiger partial charge on any atom is 0.269 e. The van der Waals surface area contributed by atoms with Gasteiger partial charge in [0, 0.05) is 21.7 Å². The molecular formula is C21H24BrN3O5. The van der Waals surface area contributed by atoms with Gasteiger partial charge in [-0.3, -0.25) is 25.2 Å². The van der Waals surface area contributed by atoms with Crippen LogP contribution in [0.5, 0.6) is 11.5 Å². The van der Waals surface area contributed by atoms with Crippen molar-refractivity contribution in [3.8, 4) is 11.5 Å². The number of benzene rings is 2. The number of halogens is 1. The summed E-state index contributed by atoms with van der Waals surface area (Å²) in [6.07, 6.45) is 0. The predicted octanol–water partition coefficient (Wildman–Crippen LogP) is 2.68. The van der Waals surface area contributed by atoms with Crippen molar-refractivity contribution in [3.63, 3.8) is 0 Å². The molecule has 160 valence electrons. The van der Waals surface area contributed by atoms with Crippen LogP contribution in [0.15, 0.2) is 46.9 Å². The van der Waals surface area contributed by atoms with E-state index in [1.165, 1.54) is 14.2 Å². The third-order valence-electron chi connectivity index (χ3n) is 4.26. The van der Waals surface area contributed by atoms with Crippen LogP contribution in [0, 0.1) is 5.92 Å². The summed E-state index contributed by atoms with van der Waals surface area (Å²) in [5.74, 6) is -0.814. The average molecular weight is 478 g/mol. The lowest BCUT2D eigenvalue weighted by Crippen LogP contribution is -2.54. The fraction of sp³-hybridized carbons (Fsp3) is 0.286. The maximum atomic E-state index is 12.7. The van der Waals surface area contributed by atoms with Gasteiger partial charge < -0.3 is 14.8 Å². The van der Waals surface area contributed by atoms with Gasteiger partial charge in [-0.2, -0.15) is 0 Å². The molecule has 0 bridgehead atoms. The smallest absolute Gasteiger partial charge is 0.269 e. The lowest BCUT2D eigenvalue weighted by molar-refractivity contribution is -0.124. The average Bonchev–Trinajstić information content (AvgIpc) is 2.75. The van der Waals surface area contributed by atoms with Gasteiger partial charge in [0.1, 0.15) is 17.5 Å². The summed E-state index contributed by atoms with van der Waals surface area (Å²) < 4.78 is 11.2. The highest BCUT2D eigenvalue weighted by atomic mass is 79.9. The Morgan fingerprint density at radius 2 is 1.40 bits per heavy atom. The molecule has 2 aromatic carbocycles. The molecule has 0 aliphatic heterocycles. The topological polar surface area (TPSA) is 106 Å². The highest BCUT2D eigenvalue weighted by Gasteiger charge is 2.25. The van der Waals surface area contributed by atoms with E-state index in [9.17, 15) is 14.4 Å². The summed E-state index contributed by atoms with van der Waals surface area (Å²) in [5, 5.41) is 2.69. The van der Waals surface area contributed by atoms with E-state index in [1.807, 2.05) is 0 Å². The number of ether oxygens (including phenoxy) is 2. The Labute approximate surface area is 183 Å². The molecule has 0 spiro atoms. The Morgan fingerprint density at radius 1 is 0.833 bits per heavy atom. The van der Waals surface area contributed by atoms with Crippen molar-refractivity contribution in [1.82, 2.24) is 16.2 Å². The quantitative estimate of drug-likeness (QED) is 0.531. The van der Waals surface area contributed by atoms with Gasteiger partial charge in [-0.1, -0.05) is 29.8 Å². The molecular weight excluding hydrogens is 454 g/mol. The van der Waals surface area contributed by atoms with Crippen LogP contribution in [0.25, 0.3) is 0 Å². The fourth-order valence-corrected chi connectivity index (χ4v) is 2.83. The zero-order chi connectivity index (χ0) is 22.3. The van der Waals surface area contributed by atoms with Gasteiger partial charge in [0.25, 0.3) is 17.7 Å². The molecule has 3 amide bonds. The Hall–Kier alpha value is -3.07. The standard InChI is InChI=1S/C21H24BrN3O5/c1-12(2)18(21(28)25-24-20(27)13-5-7-15(22)8-6-13)23-19(26)14-9-16(29-3)11-17(10-14)30-4/h5-12,18H,1-4H3,(H,23,26)(H,24,27)(H,25,28)/t18-/m1/s1. The molecule has 8 nitrogen and oxygen atoms in total. The predicted molar refractivity (Wildman–Crippen MR) is 115 cm³/mol. The van der Waals surface area contributed by atoms with Crippen LogP contribution >= 0.6 is 15.9 Å². The summed E-state index contributed by atoms with van der Waals surface area (Å²) in [4.78, 5) is 37.5. The highest BCUT2D eigenvalue weighted by molar-refractivity contribution is 9.10. The molecule has 1 atom stereocenters. The summed E-state index contributed by atoms with van der Waals surface area (Å²) >= 11 is 3.29. The number of hydrogen-bond acceptors (Lipinski definition) is 5. The van der Waals surface area contributed by atoms with Gasteiger partial charge in [-0.05, 0) is 42.3 Å². The maximum absolute atomic E-state index is 12.7. The number of hydrogen-bond donors (Lipinski definition) is 3. The summed E-state index contributed by atoms with van der Waals surface area (Å²) in [5.41, 5.74) is 5.39. The van der Waals surface area contributed by atoms with Crippen molar-refractivity contribution in [1.29, 1.82) is 0 Å². The molecule has 9 heteroatoms. The molecule has 0 unspecified atom stereocenters. The first-order valence-corrected chi connectivity index (χ1v) is 9.94. The van der Waals surface area contributed by atoms with Gasteiger partial charge in [-0.25, -0.2) is 0 Å². The molecule has 2 aromatic rings. The summed E-state index contributed by atoms with van der Waals surface area (Å²) in [6, 6.07) is 10.5. The zero-order valence-electron chi connectivity index (χ0n) is 17.1. The van der Waals surface area contributed by atoms with Crippen LogP contribution in [-0.2, 0) is 4.79 Å². The van der Waals surface area contributed by atoms with E-state index in [1.54, 1.807) is 56.3 Å². The fourth-order valence-electron chi connectivity index (χ4n) is 2.57. The molecule has 3 N–H and O–H groups in total. The third kappa shape index (κ3) is 6.21. The largest absolute Gasteiger partial charge is 0.497 e.